The van der Waals surface area contributed by atoms with E-state index < -0.39 is 0 Å². The summed E-state index contributed by atoms with van der Waals surface area (Å²) in [6, 6.07) is 3.84. The van der Waals surface area contributed by atoms with E-state index in [1.54, 1.807) is 18.3 Å². The normalized spacial score (nSPS) is 11.9. The highest BCUT2D eigenvalue weighted by atomic mass is 32.1. The molecule has 0 aromatic carbocycles. The van der Waals surface area contributed by atoms with E-state index in [-0.39, 0.29) is 0 Å². The molecule has 1 N–H and O–H groups in total. The van der Waals surface area contributed by atoms with Gasteiger partial charge in [-0.05, 0) is 18.4 Å². The Kier molecular flexibility index (Phi) is 1.85. The van der Waals surface area contributed by atoms with Crippen LogP contribution in [0.5, 0.6) is 0 Å². The largest absolute Gasteiger partial charge is 0.411 e. The van der Waals surface area contributed by atoms with E-state index in [1.165, 1.54) is 0 Å². The maximum Gasteiger partial charge on any atom is 0.0936 e. The van der Waals surface area contributed by atoms with Crippen LogP contribution in [-0.2, 0) is 0 Å². The van der Waals surface area contributed by atoms with Crippen LogP contribution in [0.25, 0.3) is 0 Å². The quantitative estimate of drug-likeness (QED) is 0.362. The lowest BCUT2D eigenvalue weighted by atomic mass is 10.3. The van der Waals surface area contributed by atoms with Gasteiger partial charge in [-0.25, -0.2) is 0 Å². The number of hydrogen-bond acceptors (Lipinski definition) is 3. The van der Waals surface area contributed by atoms with Crippen LogP contribution in [0.4, 0.5) is 0 Å². The molecule has 0 amide bonds. The van der Waals surface area contributed by atoms with Crippen molar-refractivity contribution in [3.8, 4) is 0 Å². The minimum Gasteiger partial charge on any atom is -0.411 e. The average Bonchev–Trinajstić information content (AvgIpc) is 2.37. The van der Waals surface area contributed by atoms with Crippen LogP contribution < -0.4 is 0 Å². The van der Waals surface area contributed by atoms with Gasteiger partial charge in [-0.1, -0.05) is 11.2 Å². The lowest BCUT2D eigenvalue weighted by Gasteiger charge is -1.87. The van der Waals surface area contributed by atoms with Crippen LogP contribution in [-0.4, -0.2) is 10.9 Å². The molecule has 0 fully saturated rings. The second-order valence-corrected chi connectivity index (χ2v) is 2.61. The molecule has 2 nitrogen and oxygen atoms in total. The molecule has 9 heavy (non-hydrogen) atoms. The second kappa shape index (κ2) is 2.64. The van der Waals surface area contributed by atoms with Gasteiger partial charge in [-0.2, -0.15) is 0 Å². The van der Waals surface area contributed by atoms with Crippen molar-refractivity contribution >= 4 is 17.0 Å². The third-order valence-electron chi connectivity index (χ3n) is 1.03. The molecule has 0 unspecified atom stereocenters. The third kappa shape index (κ3) is 1.29. The fraction of sp³-hybridized carbons (Fsp3) is 0.167. The Labute approximate surface area is 57.4 Å². The summed E-state index contributed by atoms with van der Waals surface area (Å²) in [7, 11) is 0. The molecular weight excluding hydrogens is 134 g/mol. The summed E-state index contributed by atoms with van der Waals surface area (Å²) in [5.74, 6) is 0. The maximum atomic E-state index is 8.30. The average molecular weight is 141 g/mol. The van der Waals surface area contributed by atoms with Crippen LogP contribution in [0.3, 0.4) is 0 Å². The summed E-state index contributed by atoms with van der Waals surface area (Å²) in [5.41, 5.74) is 0.671. The summed E-state index contributed by atoms with van der Waals surface area (Å²) in [6.45, 7) is 1.77. The number of nitrogens with zero attached hydrogens (tertiary/aromatic N) is 1. The molecule has 0 bridgehead atoms. The molecule has 0 saturated carbocycles. The number of rotatable bonds is 1. The molecule has 1 aromatic heterocycles. The smallest absolute Gasteiger partial charge is 0.0936 e. The van der Waals surface area contributed by atoms with E-state index in [4.69, 9.17) is 5.21 Å². The minimum atomic E-state index is 0.671. The van der Waals surface area contributed by atoms with Gasteiger partial charge in [0.1, 0.15) is 0 Å². The molecule has 48 valence electrons. The molecular formula is C6H7NOS. The lowest BCUT2D eigenvalue weighted by Crippen LogP contribution is -1.87. The Bertz CT molecular complexity index is 203. The number of hydrogen-bond donors (Lipinski definition) is 1. The van der Waals surface area contributed by atoms with Crippen molar-refractivity contribution in [2.24, 2.45) is 5.16 Å². The van der Waals surface area contributed by atoms with Crippen LogP contribution in [0, 0.1) is 0 Å². The predicted octanol–water partition coefficient (Wildman–Crippen LogP) is 1.95. The molecule has 0 saturated heterocycles. The van der Waals surface area contributed by atoms with Crippen molar-refractivity contribution in [2.75, 3.05) is 0 Å². The summed E-state index contributed by atoms with van der Waals surface area (Å²) in [4.78, 5) is 1.01. The van der Waals surface area contributed by atoms with E-state index in [0.717, 1.165) is 4.88 Å². The van der Waals surface area contributed by atoms with Crippen molar-refractivity contribution in [3.63, 3.8) is 0 Å². The van der Waals surface area contributed by atoms with Gasteiger partial charge in [0.15, 0.2) is 0 Å². The first-order valence-corrected chi connectivity index (χ1v) is 3.45. The molecule has 0 radical (unpaired) electrons. The Hall–Kier alpha value is -0.830. The number of thiophene rings is 1. The first-order chi connectivity index (χ1) is 4.34. The van der Waals surface area contributed by atoms with Crippen LogP contribution >= 0.6 is 11.3 Å². The standard InChI is InChI=1S/C6H7NOS/c1-5(7-8)6-3-2-4-9-6/h2-4,8H,1H3. The van der Waals surface area contributed by atoms with Gasteiger partial charge >= 0.3 is 0 Å². The fourth-order valence-corrected chi connectivity index (χ4v) is 1.21. The van der Waals surface area contributed by atoms with E-state index in [2.05, 4.69) is 5.16 Å². The Morgan fingerprint density at radius 1 is 1.78 bits per heavy atom. The summed E-state index contributed by atoms with van der Waals surface area (Å²) in [5, 5.41) is 13.3. The molecule has 0 atom stereocenters. The second-order valence-electron chi connectivity index (χ2n) is 1.66. The van der Waals surface area contributed by atoms with Crippen LogP contribution in [0.1, 0.15) is 11.8 Å². The van der Waals surface area contributed by atoms with Crippen LogP contribution in [0.2, 0.25) is 0 Å². The molecule has 0 aliphatic heterocycles. The van der Waals surface area contributed by atoms with Gasteiger partial charge in [0.25, 0.3) is 0 Å². The zero-order valence-corrected chi connectivity index (χ0v) is 5.85. The van der Waals surface area contributed by atoms with Crippen molar-refractivity contribution in [2.45, 2.75) is 6.92 Å². The molecule has 3 heteroatoms. The minimum absolute atomic E-state index is 0.671. The Balaban J connectivity index is 2.90. The maximum absolute atomic E-state index is 8.30. The van der Waals surface area contributed by atoms with Gasteiger partial charge in [0.05, 0.1) is 10.6 Å². The zero-order chi connectivity index (χ0) is 6.69. The van der Waals surface area contributed by atoms with Crippen molar-refractivity contribution in [1.29, 1.82) is 0 Å². The van der Waals surface area contributed by atoms with Gasteiger partial charge in [0.2, 0.25) is 0 Å². The van der Waals surface area contributed by atoms with Crippen molar-refractivity contribution in [1.82, 2.24) is 0 Å². The highest BCUT2D eigenvalue weighted by molar-refractivity contribution is 7.12. The summed E-state index contributed by atoms with van der Waals surface area (Å²) in [6.07, 6.45) is 0. The summed E-state index contributed by atoms with van der Waals surface area (Å²) >= 11 is 1.56. The van der Waals surface area contributed by atoms with Crippen molar-refractivity contribution < 1.29 is 5.21 Å². The van der Waals surface area contributed by atoms with Gasteiger partial charge in [-0.3, -0.25) is 0 Å². The van der Waals surface area contributed by atoms with Gasteiger partial charge < -0.3 is 5.21 Å². The highest BCUT2D eigenvalue weighted by Gasteiger charge is 1.95. The topological polar surface area (TPSA) is 32.6 Å². The molecule has 0 spiro atoms. The summed E-state index contributed by atoms with van der Waals surface area (Å²) < 4.78 is 0. The molecule has 0 aliphatic rings. The number of oxime groups is 1. The predicted molar refractivity (Wildman–Crippen MR) is 38.3 cm³/mol. The van der Waals surface area contributed by atoms with Gasteiger partial charge in [0, 0.05) is 0 Å². The zero-order valence-electron chi connectivity index (χ0n) is 5.03. The Morgan fingerprint density at radius 3 is 3.00 bits per heavy atom. The molecule has 0 aliphatic carbocycles. The first-order valence-electron chi connectivity index (χ1n) is 2.57. The monoisotopic (exact) mass is 141 g/mol. The van der Waals surface area contributed by atoms with E-state index >= 15 is 0 Å². The van der Waals surface area contributed by atoms with Crippen molar-refractivity contribution in [3.05, 3.63) is 22.4 Å². The Morgan fingerprint density at radius 2 is 2.56 bits per heavy atom. The highest BCUT2D eigenvalue weighted by Crippen LogP contribution is 2.08. The molecule has 1 aromatic rings. The van der Waals surface area contributed by atoms with E-state index in [0.29, 0.717) is 5.71 Å². The SMILES string of the molecule is CC(=NO)c1cccs1. The fourth-order valence-electron chi connectivity index (χ4n) is 0.534. The lowest BCUT2D eigenvalue weighted by molar-refractivity contribution is 0.319. The van der Waals surface area contributed by atoms with E-state index in [1.807, 2.05) is 17.5 Å². The van der Waals surface area contributed by atoms with Crippen LogP contribution in [0.15, 0.2) is 22.7 Å². The van der Waals surface area contributed by atoms with E-state index in [9.17, 15) is 0 Å². The van der Waals surface area contributed by atoms with Gasteiger partial charge in [-0.15, -0.1) is 11.3 Å². The first kappa shape index (κ1) is 6.29. The molecule has 1 heterocycles. The third-order valence-corrected chi connectivity index (χ3v) is 2.01. The molecule has 1 rings (SSSR count).